The normalized spacial score (nSPS) is 19.0. The van der Waals surface area contributed by atoms with Crippen LogP contribution in [-0.4, -0.2) is 50.1 Å². The third-order valence-corrected chi connectivity index (χ3v) is 4.50. The summed E-state index contributed by atoms with van der Waals surface area (Å²) in [6.45, 7) is 0.526. The van der Waals surface area contributed by atoms with Gasteiger partial charge in [0.1, 0.15) is 17.3 Å². The lowest BCUT2D eigenvalue weighted by molar-refractivity contribution is 0.293. The summed E-state index contributed by atoms with van der Waals surface area (Å²) in [4.78, 5) is -0.0388. The highest BCUT2D eigenvalue weighted by Gasteiger charge is 2.29. The molecular formula is C9H12BNO5S. The minimum Gasteiger partial charge on any atom is -0.491 e. The summed E-state index contributed by atoms with van der Waals surface area (Å²) < 4.78 is 30.6. The highest BCUT2D eigenvalue weighted by atomic mass is 32.2. The number of fused-ring (bicyclic) bond motifs is 1. The molecule has 8 heteroatoms. The van der Waals surface area contributed by atoms with Gasteiger partial charge in [-0.15, -0.1) is 0 Å². The molecule has 6 nitrogen and oxygen atoms in total. The predicted octanol–water partition coefficient (Wildman–Crippen LogP) is -1.62. The van der Waals surface area contributed by atoms with Crippen LogP contribution in [0.4, 0.5) is 0 Å². The minimum atomic E-state index is -3.63. The molecule has 2 rings (SSSR count). The molecule has 0 radical (unpaired) electrons. The molecular weight excluding hydrogens is 245 g/mol. The summed E-state index contributed by atoms with van der Waals surface area (Å²) in [6, 6.07) is 4.07. The van der Waals surface area contributed by atoms with E-state index in [1.54, 1.807) is 0 Å². The van der Waals surface area contributed by atoms with Gasteiger partial charge in [0.25, 0.3) is 0 Å². The summed E-state index contributed by atoms with van der Waals surface area (Å²) >= 11 is 0. The van der Waals surface area contributed by atoms with Crippen LogP contribution in [0.25, 0.3) is 0 Å². The summed E-state index contributed by atoms with van der Waals surface area (Å²) in [5.74, 6) is 0.235. The van der Waals surface area contributed by atoms with Gasteiger partial charge < -0.3 is 14.8 Å². The van der Waals surface area contributed by atoms with Crippen LogP contribution >= 0.6 is 0 Å². The molecule has 17 heavy (non-hydrogen) atoms. The Hall–Kier alpha value is -1.09. The lowest BCUT2D eigenvalue weighted by Gasteiger charge is -2.13. The maximum Gasteiger partial charge on any atom is 0.488 e. The summed E-state index contributed by atoms with van der Waals surface area (Å²) in [7, 11) is -3.88. The lowest BCUT2D eigenvalue weighted by atomic mass is 9.80. The molecule has 0 amide bonds. The quantitative estimate of drug-likeness (QED) is 0.590. The van der Waals surface area contributed by atoms with Gasteiger partial charge in [-0.05, 0) is 17.6 Å². The predicted molar refractivity (Wildman–Crippen MR) is 61.6 cm³/mol. The first kappa shape index (κ1) is 12.4. The van der Waals surface area contributed by atoms with Crippen LogP contribution in [0.2, 0.25) is 0 Å². The molecule has 1 aliphatic heterocycles. The first-order valence-corrected chi connectivity index (χ1v) is 6.46. The number of sulfonamides is 1. The van der Waals surface area contributed by atoms with Crippen molar-refractivity contribution in [2.45, 2.75) is 4.90 Å². The van der Waals surface area contributed by atoms with E-state index in [0.29, 0.717) is 0 Å². The molecule has 1 heterocycles. The zero-order chi connectivity index (χ0) is 12.6. The zero-order valence-electron chi connectivity index (χ0n) is 9.20. The van der Waals surface area contributed by atoms with Crippen molar-refractivity contribution in [3.05, 3.63) is 18.2 Å². The Morgan fingerprint density at radius 2 is 2.12 bits per heavy atom. The van der Waals surface area contributed by atoms with E-state index in [-0.39, 0.29) is 29.3 Å². The first-order chi connectivity index (χ1) is 7.93. The molecule has 0 atom stereocenters. The van der Waals surface area contributed by atoms with Crippen molar-refractivity contribution >= 4 is 22.6 Å². The number of hydrogen-bond acceptors (Lipinski definition) is 5. The standard InChI is InChI=1S/C9H12BNO5S/c1-11-4-5-16-8-3-2-7(10(12)13)6-9(8)17(11,14)15/h2-3,6,12-13H,4-5H2,1H3. The number of rotatable bonds is 1. The number of likely N-dealkylation sites (N-methyl/N-ethyl adjacent to an activating group) is 1. The maximum absolute atomic E-state index is 12.1. The second-order valence-corrected chi connectivity index (χ2v) is 5.77. The Morgan fingerprint density at radius 1 is 1.41 bits per heavy atom. The van der Waals surface area contributed by atoms with E-state index in [1.807, 2.05) is 0 Å². The minimum absolute atomic E-state index is 0.0388. The average molecular weight is 257 g/mol. The van der Waals surface area contributed by atoms with Crippen LogP contribution in [-0.2, 0) is 10.0 Å². The second-order valence-electron chi connectivity index (χ2n) is 3.75. The zero-order valence-corrected chi connectivity index (χ0v) is 10.0. The fraction of sp³-hybridized carbons (Fsp3) is 0.333. The molecule has 0 fully saturated rings. The van der Waals surface area contributed by atoms with Gasteiger partial charge in [-0.2, -0.15) is 4.31 Å². The van der Waals surface area contributed by atoms with Crippen molar-refractivity contribution < 1.29 is 23.2 Å². The molecule has 0 unspecified atom stereocenters. The Labute approximate surface area is 99.6 Å². The van der Waals surface area contributed by atoms with Gasteiger partial charge >= 0.3 is 7.12 Å². The lowest BCUT2D eigenvalue weighted by Crippen LogP contribution is -2.32. The molecule has 0 aliphatic carbocycles. The van der Waals surface area contributed by atoms with Crippen molar-refractivity contribution in [1.82, 2.24) is 4.31 Å². The van der Waals surface area contributed by atoms with Gasteiger partial charge in [0.15, 0.2) is 0 Å². The van der Waals surface area contributed by atoms with Gasteiger partial charge in [0, 0.05) is 13.6 Å². The molecule has 0 saturated heterocycles. The maximum atomic E-state index is 12.1. The molecule has 1 aromatic carbocycles. The fourth-order valence-electron chi connectivity index (χ4n) is 1.58. The van der Waals surface area contributed by atoms with E-state index in [0.717, 1.165) is 0 Å². The topological polar surface area (TPSA) is 87.1 Å². The van der Waals surface area contributed by atoms with Gasteiger partial charge in [0.2, 0.25) is 10.0 Å². The average Bonchev–Trinajstić information content (AvgIpc) is 2.38. The van der Waals surface area contributed by atoms with Crippen molar-refractivity contribution in [2.24, 2.45) is 0 Å². The van der Waals surface area contributed by atoms with Crippen LogP contribution in [0.5, 0.6) is 5.75 Å². The third-order valence-electron chi connectivity index (χ3n) is 2.62. The van der Waals surface area contributed by atoms with E-state index < -0.39 is 17.1 Å². The first-order valence-electron chi connectivity index (χ1n) is 5.02. The number of hydrogen-bond donors (Lipinski definition) is 2. The van der Waals surface area contributed by atoms with Crippen LogP contribution in [0.3, 0.4) is 0 Å². The summed E-state index contributed by atoms with van der Waals surface area (Å²) in [5, 5.41) is 18.1. The van der Waals surface area contributed by atoms with Crippen molar-refractivity contribution in [3.63, 3.8) is 0 Å². The summed E-state index contributed by atoms with van der Waals surface area (Å²) in [6.07, 6.45) is 0. The molecule has 1 aliphatic rings. The molecule has 1 aromatic rings. The largest absolute Gasteiger partial charge is 0.491 e. The number of ether oxygens (including phenoxy) is 1. The third kappa shape index (κ3) is 2.16. The molecule has 0 bridgehead atoms. The Kier molecular flexibility index (Phi) is 3.13. The van der Waals surface area contributed by atoms with E-state index in [1.165, 1.54) is 29.6 Å². The monoisotopic (exact) mass is 257 g/mol. The Balaban J connectivity index is 2.61. The van der Waals surface area contributed by atoms with Gasteiger partial charge in [0.05, 0.1) is 0 Å². The fourth-order valence-corrected chi connectivity index (χ4v) is 2.90. The van der Waals surface area contributed by atoms with Crippen molar-refractivity contribution in [2.75, 3.05) is 20.2 Å². The molecule has 92 valence electrons. The molecule has 0 spiro atoms. The Bertz CT molecular complexity index is 530. The Morgan fingerprint density at radius 3 is 2.76 bits per heavy atom. The summed E-state index contributed by atoms with van der Waals surface area (Å²) in [5.41, 5.74) is 0.117. The second kappa shape index (κ2) is 4.30. The van der Waals surface area contributed by atoms with Crippen molar-refractivity contribution in [1.29, 1.82) is 0 Å². The molecule has 0 saturated carbocycles. The molecule has 2 N–H and O–H groups in total. The highest BCUT2D eigenvalue weighted by Crippen LogP contribution is 2.27. The van der Waals surface area contributed by atoms with E-state index >= 15 is 0 Å². The SMILES string of the molecule is CN1CCOc2ccc(B(O)O)cc2S1(=O)=O. The van der Waals surface area contributed by atoms with Crippen LogP contribution in [0.15, 0.2) is 23.1 Å². The van der Waals surface area contributed by atoms with Gasteiger partial charge in [-0.25, -0.2) is 8.42 Å². The van der Waals surface area contributed by atoms with Gasteiger partial charge in [-0.3, -0.25) is 0 Å². The molecule has 0 aromatic heterocycles. The van der Waals surface area contributed by atoms with Crippen LogP contribution < -0.4 is 10.2 Å². The van der Waals surface area contributed by atoms with Gasteiger partial charge in [-0.1, -0.05) is 6.07 Å². The number of nitrogens with zero attached hydrogens (tertiary/aromatic N) is 1. The number of benzene rings is 1. The van der Waals surface area contributed by atoms with E-state index in [2.05, 4.69) is 0 Å². The van der Waals surface area contributed by atoms with Crippen molar-refractivity contribution in [3.8, 4) is 5.75 Å². The highest BCUT2D eigenvalue weighted by molar-refractivity contribution is 7.89. The van der Waals surface area contributed by atoms with E-state index in [9.17, 15) is 8.42 Å². The smallest absolute Gasteiger partial charge is 0.488 e. The van der Waals surface area contributed by atoms with E-state index in [4.69, 9.17) is 14.8 Å². The van der Waals surface area contributed by atoms with Crippen LogP contribution in [0.1, 0.15) is 0 Å². The van der Waals surface area contributed by atoms with Crippen LogP contribution in [0, 0.1) is 0 Å².